The fourth-order valence-electron chi connectivity index (χ4n) is 2.38. The lowest BCUT2D eigenvalue weighted by Gasteiger charge is -2.21. The molecule has 0 unspecified atom stereocenters. The van der Waals surface area contributed by atoms with Gasteiger partial charge in [0, 0.05) is 17.6 Å². The predicted octanol–water partition coefficient (Wildman–Crippen LogP) is 2.62. The Labute approximate surface area is 168 Å². The molecule has 11 heteroatoms. The van der Waals surface area contributed by atoms with E-state index < -0.39 is 21.5 Å². The molecule has 1 amide bonds. The number of amides is 1. The van der Waals surface area contributed by atoms with Crippen LogP contribution in [0.2, 0.25) is 5.02 Å². The number of rotatable bonds is 6. The van der Waals surface area contributed by atoms with Gasteiger partial charge in [0.2, 0.25) is 10.0 Å². The van der Waals surface area contributed by atoms with Crippen molar-refractivity contribution in [1.82, 2.24) is 24.8 Å². The summed E-state index contributed by atoms with van der Waals surface area (Å²) in [7, 11) is -3.88. The molecule has 0 aliphatic rings. The third-order valence-corrected chi connectivity index (χ3v) is 6.04. The lowest BCUT2D eigenvalue weighted by atomic mass is 10.1. The molecule has 0 radical (unpaired) electrons. The Morgan fingerprint density at radius 2 is 2.04 bits per heavy atom. The fraction of sp³-hybridized carbons (Fsp3) is 0.438. The van der Waals surface area contributed by atoms with Crippen molar-refractivity contribution in [1.29, 1.82) is 0 Å². The van der Waals surface area contributed by atoms with Crippen molar-refractivity contribution >= 4 is 39.7 Å². The van der Waals surface area contributed by atoms with E-state index in [0.29, 0.717) is 17.1 Å². The summed E-state index contributed by atoms with van der Waals surface area (Å²) < 4.78 is 29.8. The molecule has 1 aromatic carbocycles. The normalized spacial score (nSPS) is 12.2. The number of aromatic amines is 1. The van der Waals surface area contributed by atoms with E-state index in [1.54, 1.807) is 25.3 Å². The largest absolute Gasteiger partial charge is 0.345 e. The van der Waals surface area contributed by atoms with Crippen molar-refractivity contribution in [2.24, 2.45) is 0 Å². The zero-order valence-corrected chi connectivity index (χ0v) is 17.8. The summed E-state index contributed by atoms with van der Waals surface area (Å²) in [5, 5.41) is 9.48. The smallest absolute Gasteiger partial charge is 0.251 e. The maximum absolute atomic E-state index is 12.6. The Balaban J connectivity index is 2.24. The van der Waals surface area contributed by atoms with Crippen LogP contribution in [0.25, 0.3) is 0 Å². The monoisotopic (exact) mass is 431 g/mol. The molecule has 0 spiro atoms. The minimum Gasteiger partial charge on any atom is -0.345 e. The van der Waals surface area contributed by atoms with Gasteiger partial charge in [0.15, 0.2) is 10.6 Å². The molecule has 3 N–H and O–H groups in total. The van der Waals surface area contributed by atoms with E-state index in [-0.39, 0.29) is 22.0 Å². The highest BCUT2D eigenvalue weighted by atomic mass is 35.5. The van der Waals surface area contributed by atoms with Crippen molar-refractivity contribution in [3.63, 3.8) is 0 Å². The summed E-state index contributed by atoms with van der Waals surface area (Å²) >= 11 is 11.2. The van der Waals surface area contributed by atoms with Gasteiger partial charge in [0.1, 0.15) is 4.90 Å². The molecule has 0 fully saturated rings. The lowest BCUT2D eigenvalue weighted by Crippen LogP contribution is -2.40. The van der Waals surface area contributed by atoms with Crippen LogP contribution >= 0.6 is 23.8 Å². The highest BCUT2D eigenvalue weighted by Crippen LogP contribution is 2.24. The second-order valence-corrected chi connectivity index (χ2v) is 9.32. The first-order chi connectivity index (χ1) is 12.4. The van der Waals surface area contributed by atoms with Crippen LogP contribution in [0.3, 0.4) is 0 Å². The van der Waals surface area contributed by atoms with Gasteiger partial charge < -0.3 is 9.88 Å². The molecule has 0 bridgehead atoms. The molecule has 0 saturated carbocycles. The van der Waals surface area contributed by atoms with Gasteiger partial charge in [0.25, 0.3) is 5.91 Å². The fourth-order valence-corrected chi connectivity index (χ4v) is 4.61. The summed E-state index contributed by atoms with van der Waals surface area (Å²) in [5.74, 6) is 0.127. The number of benzene rings is 1. The van der Waals surface area contributed by atoms with Crippen LogP contribution in [0.15, 0.2) is 23.1 Å². The molecule has 148 valence electrons. The molecule has 2 aromatic rings. The molecular formula is C16H22ClN5O3S2. The van der Waals surface area contributed by atoms with Gasteiger partial charge in [-0.25, -0.2) is 13.1 Å². The number of aromatic nitrogens is 3. The number of hydrogen-bond donors (Lipinski definition) is 3. The van der Waals surface area contributed by atoms with Gasteiger partial charge in [-0.1, -0.05) is 11.6 Å². The Bertz CT molecular complexity index is 1010. The molecule has 0 atom stereocenters. The average Bonchev–Trinajstić information content (AvgIpc) is 2.90. The molecule has 8 nitrogen and oxygen atoms in total. The van der Waals surface area contributed by atoms with Crippen LogP contribution in [-0.2, 0) is 23.1 Å². The van der Waals surface area contributed by atoms with E-state index in [1.165, 1.54) is 18.2 Å². The van der Waals surface area contributed by atoms with Crippen molar-refractivity contribution in [2.75, 3.05) is 0 Å². The highest BCUT2D eigenvalue weighted by molar-refractivity contribution is 7.89. The molecule has 1 aromatic heterocycles. The van der Waals surface area contributed by atoms with Crippen LogP contribution in [0.5, 0.6) is 0 Å². The summed E-state index contributed by atoms with van der Waals surface area (Å²) in [6.45, 7) is 7.82. The maximum Gasteiger partial charge on any atom is 0.251 e. The number of halogens is 1. The summed E-state index contributed by atoms with van der Waals surface area (Å²) in [6.07, 6.45) is 0. The molecule has 0 aliphatic carbocycles. The van der Waals surface area contributed by atoms with E-state index in [1.807, 2.05) is 6.92 Å². The summed E-state index contributed by atoms with van der Waals surface area (Å²) in [6, 6.07) is 4.10. The van der Waals surface area contributed by atoms with E-state index >= 15 is 0 Å². The zero-order valence-electron chi connectivity index (χ0n) is 15.5. The van der Waals surface area contributed by atoms with Gasteiger partial charge >= 0.3 is 0 Å². The van der Waals surface area contributed by atoms with Crippen molar-refractivity contribution < 1.29 is 13.2 Å². The number of H-pyrrole nitrogens is 1. The number of carbonyl (C=O) groups excluding carboxylic acids is 1. The van der Waals surface area contributed by atoms with E-state index in [4.69, 9.17) is 23.8 Å². The molecule has 0 aliphatic heterocycles. The number of carbonyl (C=O) groups is 1. The van der Waals surface area contributed by atoms with Crippen LogP contribution in [0.4, 0.5) is 0 Å². The van der Waals surface area contributed by atoms with Gasteiger partial charge in [-0.05, 0) is 58.1 Å². The van der Waals surface area contributed by atoms with Gasteiger partial charge in [-0.3, -0.25) is 9.89 Å². The molecule has 0 saturated heterocycles. The predicted molar refractivity (Wildman–Crippen MR) is 106 cm³/mol. The highest BCUT2D eigenvalue weighted by Gasteiger charge is 2.25. The van der Waals surface area contributed by atoms with E-state index in [2.05, 4.69) is 20.2 Å². The first-order valence-corrected chi connectivity index (χ1v) is 10.5. The second kappa shape index (κ2) is 8.09. The topological polar surface area (TPSA) is 109 Å². The van der Waals surface area contributed by atoms with Crippen LogP contribution < -0.4 is 10.0 Å². The minimum absolute atomic E-state index is 0.0372. The number of nitrogens with zero attached hydrogens (tertiary/aromatic N) is 2. The first kappa shape index (κ1) is 21.5. The molecule has 1 heterocycles. The lowest BCUT2D eigenvalue weighted by molar-refractivity contribution is 0.0949. The van der Waals surface area contributed by atoms with Gasteiger partial charge in [-0.2, -0.15) is 5.10 Å². The SMILES string of the molecule is CCn1c(CNC(=O)c2ccc(Cl)c(S(=O)(=O)NC(C)(C)C)c2)n[nH]c1=S. The van der Waals surface area contributed by atoms with Crippen LogP contribution in [0, 0.1) is 4.77 Å². The molecule has 27 heavy (non-hydrogen) atoms. The van der Waals surface area contributed by atoms with Gasteiger partial charge in [-0.15, -0.1) is 0 Å². The number of sulfonamides is 1. The van der Waals surface area contributed by atoms with Crippen molar-refractivity contribution in [2.45, 2.75) is 51.2 Å². The first-order valence-electron chi connectivity index (χ1n) is 8.20. The number of hydrogen-bond acceptors (Lipinski definition) is 5. The second-order valence-electron chi connectivity index (χ2n) is 6.87. The number of nitrogens with one attached hydrogen (secondary N) is 3. The summed E-state index contributed by atoms with van der Waals surface area (Å²) in [5.41, 5.74) is -0.512. The molecular weight excluding hydrogens is 410 g/mol. The Morgan fingerprint density at radius 3 is 2.63 bits per heavy atom. The van der Waals surface area contributed by atoms with E-state index in [0.717, 1.165) is 0 Å². The van der Waals surface area contributed by atoms with Crippen molar-refractivity contribution in [3.8, 4) is 0 Å². The standard InChI is InChI=1S/C16H22ClN5O3S2/c1-5-22-13(19-20-15(22)26)9-18-14(23)10-6-7-11(17)12(8-10)27(24,25)21-16(2,3)4/h6-8,21H,5,9H2,1-4H3,(H,18,23)(H,20,26). The Kier molecular flexibility index (Phi) is 6.46. The minimum atomic E-state index is -3.88. The van der Waals surface area contributed by atoms with Gasteiger partial charge in [0.05, 0.1) is 11.6 Å². The quantitative estimate of drug-likeness (QED) is 0.609. The van der Waals surface area contributed by atoms with Crippen LogP contribution in [0.1, 0.15) is 43.9 Å². The molecule has 2 rings (SSSR count). The zero-order chi connectivity index (χ0) is 20.4. The van der Waals surface area contributed by atoms with Crippen LogP contribution in [-0.4, -0.2) is 34.6 Å². The average molecular weight is 432 g/mol. The summed E-state index contributed by atoms with van der Waals surface area (Å²) in [4.78, 5) is 12.3. The Hall–Kier alpha value is -1.75. The maximum atomic E-state index is 12.6. The van der Waals surface area contributed by atoms with Crippen molar-refractivity contribution in [3.05, 3.63) is 39.4 Å². The Morgan fingerprint density at radius 1 is 1.37 bits per heavy atom. The third kappa shape index (κ3) is 5.38. The third-order valence-electron chi connectivity index (χ3n) is 3.48. The van der Waals surface area contributed by atoms with E-state index in [9.17, 15) is 13.2 Å².